The highest BCUT2D eigenvalue weighted by molar-refractivity contribution is 6.14. The summed E-state index contributed by atoms with van der Waals surface area (Å²) < 4.78 is 13.5. The molecule has 0 saturated heterocycles. The summed E-state index contributed by atoms with van der Waals surface area (Å²) in [5, 5.41) is 21.3. The molecule has 0 amide bonds. The number of hydrogen-bond acceptors (Lipinski definition) is 6. The van der Waals surface area contributed by atoms with Gasteiger partial charge in [0.25, 0.3) is 11.4 Å². The molecule has 1 aromatic rings. The minimum Gasteiger partial charge on any atom is -0.296 e. The number of hydrogen-bond donors (Lipinski definition) is 0. The molecule has 0 fully saturated rings. The molecule has 9 heteroatoms. The second-order valence-corrected chi connectivity index (χ2v) is 3.76. The maximum atomic E-state index is 13.5. The van der Waals surface area contributed by atoms with E-state index in [0.717, 1.165) is 12.1 Å². The molecule has 1 aromatic carbocycles. The Morgan fingerprint density at radius 2 is 1.85 bits per heavy atom. The number of nitro groups is 2. The third kappa shape index (κ3) is 2.99. The number of non-ortho nitro benzene ring substituents is 1. The molecule has 1 rings (SSSR count). The molecule has 0 saturated carbocycles. The van der Waals surface area contributed by atoms with Crippen molar-refractivity contribution in [1.29, 1.82) is 0 Å². The van der Waals surface area contributed by atoms with Gasteiger partial charge in [0, 0.05) is 12.5 Å². The first-order valence-corrected chi connectivity index (χ1v) is 5.43. The standard InChI is InChI=1S/C11H9FN2O6/c1-2-9(15)10(12)11(16)7-4-3-6(13(17)18)5-8(7)14(19)20/h3-5,10H,2H2,1H3. The molecular weight excluding hydrogens is 275 g/mol. The highest BCUT2D eigenvalue weighted by atomic mass is 19.1. The van der Waals surface area contributed by atoms with E-state index in [1.54, 1.807) is 0 Å². The molecule has 0 radical (unpaired) electrons. The van der Waals surface area contributed by atoms with Gasteiger partial charge in [-0.2, -0.15) is 0 Å². The Balaban J connectivity index is 3.31. The van der Waals surface area contributed by atoms with Gasteiger partial charge in [-0.3, -0.25) is 29.8 Å². The van der Waals surface area contributed by atoms with E-state index in [-0.39, 0.29) is 6.42 Å². The number of ketones is 2. The summed E-state index contributed by atoms with van der Waals surface area (Å²) in [6, 6.07) is 2.16. The summed E-state index contributed by atoms with van der Waals surface area (Å²) in [5.74, 6) is -2.39. The quantitative estimate of drug-likeness (QED) is 0.341. The molecule has 0 N–H and O–H groups in total. The van der Waals surface area contributed by atoms with Gasteiger partial charge in [-0.15, -0.1) is 0 Å². The van der Waals surface area contributed by atoms with Gasteiger partial charge in [0.1, 0.15) is 0 Å². The Morgan fingerprint density at radius 1 is 1.25 bits per heavy atom. The fourth-order valence-electron chi connectivity index (χ4n) is 1.45. The smallest absolute Gasteiger partial charge is 0.287 e. The van der Waals surface area contributed by atoms with Crippen molar-refractivity contribution in [2.75, 3.05) is 0 Å². The normalized spacial score (nSPS) is 11.7. The summed E-state index contributed by atoms with van der Waals surface area (Å²) in [6.07, 6.45) is -2.76. The van der Waals surface area contributed by atoms with Crippen molar-refractivity contribution in [3.05, 3.63) is 44.0 Å². The van der Waals surface area contributed by atoms with Crippen LogP contribution in [0.3, 0.4) is 0 Å². The van der Waals surface area contributed by atoms with Crippen molar-refractivity contribution in [2.24, 2.45) is 0 Å². The van der Waals surface area contributed by atoms with Crippen LogP contribution in [0.4, 0.5) is 15.8 Å². The zero-order chi connectivity index (χ0) is 15.4. The molecule has 0 aliphatic rings. The summed E-state index contributed by atoms with van der Waals surface area (Å²) in [7, 11) is 0. The number of carbonyl (C=O) groups excluding carboxylic acids is 2. The first-order valence-electron chi connectivity index (χ1n) is 5.43. The van der Waals surface area contributed by atoms with Gasteiger partial charge in [-0.1, -0.05) is 6.92 Å². The lowest BCUT2D eigenvalue weighted by molar-refractivity contribution is -0.394. The Hall–Kier alpha value is -2.71. The Labute approximate surface area is 111 Å². The first-order chi connectivity index (χ1) is 9.29. The van der Waals surface area contributed by atoms with Gasteiger partial charge < -0.3 is 0 Å². The van der Waals surface area contributed by atoms with Crippen molar-refractivity contribution >= 4 is 22.9 Å². The van der Waals surface area contributed by atoms with E-state index in [1.165, 1.54) is 6.92 Å². The van der Waals surface area contributed by atoms with Crippen LogP contribution in [0.25, 0.3) is 0 Å². The van der Waals surface area contributed by atoms with Crippen molar-refractivity contribution in [3.8, 4) is 0 Å². The van der Waals surface area contributed by atoms with Crippen LogP contribution in [0.2, 0.25) is 0 Å². The van der Waals surface area contributed by atoms with Crippen LogP contribution in [0.15, 0.2) is 18.2 Å². The largest absolute Gasteiger partial charge is 0.296 e. The minimum atomic E-state index is -2.51. The summed E-state index contributed by atoms with van der Waals surface area (Å²) >= 11 is 0. The van der Waals surface area contributed by atoms with Gasteiger partial charge in [-0.25, -0.2) is 4.39 Å². The lowest BCUT2D eigenvalue weighted by Gasteiger charge is -2.05. The number of halogens is 1. The van der Waals surface area contributed by atoms with Crippen molar-refractivity contribution < 1.29 is 23.8 Å². The average Bonchev–Trinajstić information content (AvgIpc) is 2.43. The highest BCUT2D eigenvalue weighted by Gasteiger charge is 2.32. The maximum absolute atomic E-state index is 13.5. The monoisotopic (exact) mass is 284 g/mol. The summed E-state index contributed by atoms with van der Waals surface area (Å²) in [6.45, 7) is 1.34. The molecule has 8 nitrogen and oxygen atoms in total. The van der Waals surface area contributed by atoms with Gasteiger partial charge in [0.05, 0.1) is 21.5 Å². The topological polar surface area (TPSA) is 120 Å². The fourth-order valence-corrected chi connectivity index (χ4v) is 1.45. The third-order valence-electron chi connectivity index (χ3n) is 2.52. The molecule has 0 aliphatic heterocycles. The predicted octanol–water partition coefficient (Wildman–Crippen LogP) is 2.00. The zero-order valence-corrected chi connectivity index (χ0v) is 10.2. The molecule has 0 aliphatic carbocycles. The molecule has 106 valence electrons. The third-order valence-corrected chi connectivity index (χ3v) is 2.52. The number of alkyl halides is 1. The Kier molecular flexibility index (Phi) is 4.57. The lowest BCUT2D eigenvalue weighted by Crippen LogP contribution is -2.25. The van der Waals surface area contributed by atoms with Crippen LogP contribution < -0.4 is 0 Å². The van der Waals surface area contributed by atoms with E-state index in [0.29, 0.717) is 6.07 Å². The Bertz CT molecular complexity index is 601. The first kappa shape index (κ1) is 15.3. The second-order valence-electron chi connectivity index (χ2n) is 3.76. The molecule has 0 spiro atoms. The van der Waals surface area contributed by atoms with Gasteiger partial charge in [0.2, 0.25) is 12.0 Å². The van der Waals surface area contributed by atoms with Crippen LogP contribution in [0.1, 0.15) is 23.7 Å². The van der Waals surface area contributed by atoms with Crippen LogP contribution in [-0.2, 0) is 4.79 Å². The number of nitrogens with zero attached hydrogens (tertiary/aromatic N) is 2. The van der Waals surface area contributed by atoms with Crippen molar-refractivity contribution in [2.45, 2.75) is 19.5 Å². The van der Waals surface area contributed by atoms with Crippen LogP contribution in [0.5, 0.6) is 0 Å². The lowest BCUT2D eigenvalue weighted by atomic mass is 10.0. The average molecular weight is 284 g/mol. The number of benzene rings is 1. The predicted molar refractivity (Wildman–Crippen MR) is 64.3 cm³/mol. The maximum Gasteiger partial charge on any atom is 0.287 e. The van der Waals surface area contributed by atoms with Crippen LogP contribution in [-0.4, -0.2) is 27.6 Å². The number of rotatable bonds is 6. The molecule has 0 heterocycles. The number of carbonyl (C=O) groups is 2. The van der Waals surface area contributed by atoms with Crippen molar-refractivity contribution in [1.82, 2.24) is 0 Å². The number of nitro benzene ring substituents is 2. The van der Waals surface area contributed by atoms with E-state index in [2.05, 4.69) is 0 Å². The second kappa shape index (κ2) is 5.95. The van der Waals surface area contributed by atoms with Crippen LogP contribution >= 0.6 is 0 Å². The molecule has 1 atom stereocenters. The highest BCUT2D eigenvalue weighted by Crippen LogP contribution is 2.26. The van der Waals surface area contributed by atoms with E-state index < -0.39 is 44.5 Å². The van der Waals surface area contributed by atoms with E-state index in [1.807, 2.05) is 0 Å². The van der Waals surface area contributed by atoms with E-state index in [4.69, 9.17) is 0 Å². The summed E-state index contributed by atoms with van der Waals surface area (Å²) in [5.41, 5.74) is -2.18. The van der Waals surface area contributed by atoms with E-state index >= 15 is 0 Å². The minimum absolute atomic E-state index is 0.242. The molecule has 0 bridgehead atoms. The van der Waals surface area contributed by atoms with Gasteiger partial charge in [0.15, 0.2) is 5.78 Å². The molecule has 1 unspecified atom stereocenters. The summed E-state index contributed by atoms with van der Waals surface area (Å²) in [4.78, 5) is 42.2. The zero-order valence-electron chi connectivity index (χ0n) is 10.2. The Morgan fingerprint density at radius 3 is 2.30 bits per heavy atom. The van der Waals surface area contributed by atoms with Crippen molar-refractivity contribution in [3.63, 3.8) is 0 Å². The van der Waals surface area contributed by atoms with Crippen LogP contribution in [0, 0.1) is 20.2 Å². The fraction of sp³-hybridized carbons (Fsp3) is 0.273. The van der Waals surface area contributed by atoms with Gasteiger partial charge >= 0.3 is 0 Å². The van der Waals surface area contributed by atoms with E-state index in [9.17, 15) is 34.2 Å². The SMILES string of the molecule is CCC(=O)C(F)C(=O)c1ccc([N+](=O)[O-])cc1[N+](=O)[O-]. The van der Waals surface area contributed by atoms with Gasteiger partial charge in [-0.05, 0) is 6.07 Å². The molecule has 0 aromatic heterocycles. The number of Topliss-reactive ketones (excluding diaryl/α,β-unsaturated/α-hetero) is 2. The molecular formula is C11H9FN2O6. The molecule has 20 heavy (non-hydrogen) atoms.